The summed E-state index contributed by atoms with van der Waals surface area (Å²) in [5.41, 5.74) is 3.79. The van der Waals surface area contributed by atoms with Crippen molar-refractivity contribution in [1.29, 1.82) is 0 Å². The SMILES string of the molecule is COCCCOCCNC(=O)c1ccc2c(c1)C(COC(=O)ON1C(=O)CCC1=O)c1cc(C(=O)NCCOCCCOC)ccc1-2. The van der Waals surface area contributed by atoms with Gasteiger partial charge >= 0.3 is 6.16 Å². The summed E-state index contributed by atoms with van der Waals surface area (Å²) in [7, 11) is 3.24. The number of fused-ring (bicyclic) bond motifs is 3. The number of benzene rings is 2. The summed E-state index contributed by atoms with van der Waals surface area (Å²) in [6.07, 6.45) is 0.188. The van der Waals surface area contributed by atoms with Gasteiger partial charge < -0.3 is 34.3 Å². The van der Waals surface area contributed by atoms with Gasteiger partial charge in [-0.1, -0.05) is 17.2 Å². The standard InChI is InChI=1S/C33H41N3O11/c1-42-13-3-15-44-17-11-34-31(39)22-5-7-24-25-8-6-23(32(40)35-12-18-45-16-4-14-43-2)20-27(25)28(26(24)19-22)21-46-33(41)47-36-29(37)9-10-30(36)38/h5-8,19-20,28H,3-4,9-18,21H2,1-2H3,(H,34,39)(H,35,40). The van der Waals surface area contributed by atoms with Crippen LogP contribution in [0.15, 0.2) is 36.4 Å². The maximum Gasteiger partial charge on any atom is 0.533 e. The fraction of sp³-hybridized carbons (Fsp3) is 0.485. The molecule has 47 heavy (non-hydrogen) atoms. The van der Waals surface area contributed by atoms with Crippen molar-refractivity contribution < 1.29 is 52.5 Å². The zero-order chi connectivity index (χ0) is 33.6. The van der Waals surface area contributed by atoms with Crippen LogP contribution in [0.1, 0.15) is 63.4 Å². The molecule has 0 saturated carbocycles. The summed E-state index contributed by atoms with van der Waals surface area (Å²) >= 11 is 0. The topological polar surface area (TPSA) is 168 Å². The fourth-order valence-electron chi connectivity index (χ4n) is 5.22. The van der Waals surface area contributed by atoms with Crippen molar-refractivity contribution in [3.05, 3.63) is 58.7 Å². The Morgan fingerprint density at radius 1 is 0.723 bits per heavy atom. The number of rotatable bonds is 19. The van der Waals surface area contributed by atoms with E-state index in [-0.39, 0.29) is 31.3 Å². The number of methoxy groups -OCH3 is 2. The van der Waals surface area contributed by atoms with Crippen molar-refractivity contribution in [2.75, 3.05) is 73.6 Å². The minimum Gasteiger partial charge on any atom is -0.432 e. The maximum absolute atomic E-state index is 13.0. The van der Waals surface area contributed by atoms with Crippen LogP contribution in [0.2, 0.25) is 0 Å². The molecule has 0 unspecified atom stereocenters. The van der Waals surface area contributed by atoms with E-state index in [1.807, 2.05) is 12.1 Å². The van der Waals surface area contributed by atoms with Gasteiger partial charge in [-0.2, -0.15) is 0 Å². The number of amides is 4. The number of hydrogen-bond acceptors (Lipinski definition) is 11. The van der Waals surface area contributed by atoms with Gasteiger partial charge in [0.1, 0.15) is 6.61 Å². The highest BCUT2D eigenvalue weighted by atomic mass is 16.8. The van der Waals surface area contributed by atoms with Crippen molar-refractivity contribution in [2.24, 2.45) is 0 Å². The van der Waals surface area contributed by atoms with E-state index in [1.54, 1.807) is 38.5 Å². The van der Waals surface area contributed by atoms with Gasteiger partial charge in [0, 0.05) is 83.6 Å². The highest BCUT2D eigenvalue weighted by Gasteiger charge is 2.35. The molecule has 2 aromatic rings. The lowest BCUT2D eigenvalue weighted by molar-refractivity contribution is -0.177. The average molecular weight is 656 g/mol. The van der Waals surface area contributed by atoms with Gasteiger partial charge in [0.15, 0.2) is 0 Å². The lowest BCUT2D eigenvalue weighted by Gasteiger charge is -2.17. The van der Waals surface area contributed by atoms with Gasteiger partial charge in [0.05, 0.1) is 13.2 Å². The molecule has 1 aliphatic heterocycles. The summed E-state index contributed by atoms with van der Waals surface area (Å²) in [6.45, 7) is 3.31. The molecule has 0 radical (unpaired) electrons. The minimum absolute atomic E-state index is 0.0505. The molecule has 0 atom stereocenters. The largest absolute Gasteiger partial charge is 0.533 e. The van der Waals surface area contributed by atoms with Crippen molar-refractivity contribution in [2.45, 2.75) is 31.6 Å². The zero-order valence-electron chi connectivity index (χ0n) is 26.7. The average Bonchev–Trinajstić information content (AvgIpc) is 3.56. The van der Waals surface area contributed by atoms with Crippen LogP contribution < -0.4 is 10.6 Å². The molecule has 0 spiro atoms. The molecule has 2 aliphatic rings. The molecule has 0 bridgehead atoms. The van der Waals surface area contributed by atoms with E-state index in [1.165, 1.54) is 0 Å². The number of carbonyl (C=O) groups is 5. The smallest absolute Gasteiger partial charge is 0.432 e. The second-order valence-electron chi connectivity index (χ2n) is 10.8. The summed E-state index contributed by atoms with van der Waals surface area (Å²) in [6, 6.07) is 10.5. The summed E-state index contributed by atoms with van der Waals surface area (Å²) < 4.78 is 26.4. The Morgan fingerprint density at radius 3 is 1.68 bits per heavy atom. The van der Waals surface area contributed by atoms with Crippen LogP contribution in [0, 0.1) is 0 Å². The molecular formula is C33H41N3O11. The third-order valence-electron chi connectivity index (χ3n) is 7.55. The van der Waals surface area contributed by atoms with Crippen LogP contribution in [0.3, 0.4) is 0 Å². The van der Waals surface area contributed by atoms with Crippen molar-refractivity contribution in [3.8, 4) is 11.1 Å². The molecule has 4 amide bonds. The van der Waals surface area contributed by atoms with E-state index in [0.717, 1.165) is 24.0 Å². The molecule has 14 heteroatoms. The number of ether oxygens (including phenoxy) is 5. The lowest BCUT2D eigenvalue weighted by atomic mass is 9.95. The molecule has 1 saturated heterocycles. The third kappa shape index (κ3) is 9.81. The van der Waals surface area contributed by atoms with Gasteiger partial charge in [0.25, 0.3) is 23.6 Å². The molecule has 2 aromatic carbocycles. The highest BCUT2D eigenvalue weighted by molar-refractivity contribution is 6.01. The van der Waals surface area contributed by atoms with Crippen LogP contribution in [-0.2, 0) is 38.1 Å². The van der Waals surface area contributed by atoms with E-state index in [4.69, 9.17) is 28.5 Å². The Labute approximate surface area is 272 Å². The van der Waals surface area contributed by atoms with Crippen LogP contribution >= 0.6 is 0 Å². The number of imide groups is 1. The van der Waals surface area contributed by atoms with Crippen LogP contribution in [0.4, 0.5) is 4.79 Å². The number of nitrogens with one attached hydrogen (secondary N) is 2. The van der Waals surface area contributed by atoms with Gasteiger partial charge in [-0.05, 0) is 59.4 Å². The predicted octanol–water partition coefficient (Wildman–Crippen LogP) is 2.58. The number of hydroxylamine groups is 2. The second-order valence-corrected chi connectivity index (χ2v) is 10.8. The van der Waals surface area contributed by atoms with Crippen molar-refractivity contribution >= 4 is 29.8 Å². The first-order chi connectivity index (χ1) is 22.8. The number of carbonyl (C=O) groups excluding carboxylic acids is 5. The summed E-state index contributed by atoms with van der Waals surface area (Å²) in [4.78, 5) is 67.2. The van der Waals surface area contributed by atoms with Crippen molar-refractivity contribution in [1.82, 2.24) is 15.7 Å². The third-order valence-corrected chi connectivity index (χ3v) is 7.55. The molecule has 1 aliphatic carbocycles. The van der Waals surface area contributed by atoms with Gasteiger partial charge in [-0.25, -0.2) is 4.79 Å². The molecule has 1 fully saturated rings. The van der Waals surface area contributed by atoms with E-state index in [9.17, 15) is 24.0 Å². The van der Waals surface area contributed by atoms with Gasteiger partial charge in [-0.15, -0.1) is 0 Å². The Morgan fingerprint density at radius 2 is 1.21 bits per heavy atom. The normalized spacial score (nSPS) is 13.8. The Balaban J connectivity index is 1.45. The predicted molar refractivity (Wildman–Crippen MR) is 167 cm³/mol. The lowest BCUT2D eigenvalue weighted by Crippen LogP contribution is -2.32. The molecule has 0 aromatic heterocycles. The van der Waals surface area contributed by atoms with Crippen LogP contribution in [0.5, 0.6) is 0 Å². The first kappa shape index (κ1) is 35.5. The minimum atomic E-state index is -1.22. The second kappa shape index (κ2) is 18.1. The molecule has 4 rings (SSSR count). The van der Waals surface area contributed by atoms with Gasteiger partial charge in [-0.3, -0.25) is 24.0 Å². The van der Waals surface area contributed by atoms with Crippen LogP contribution in [0.25, 0.3) is 11.1 Å². The monoisotopic (exact) mass is 655 g/mol. The van der Waals surface area contributed by atoms with E-state index in [2.05, 4.69) is 10.6 Å². The Kier molecular flexibility index (Phi) is 13.7. The van der Waals surface area contributed by atoms with E-state index >= 15 is 0 Å². The van der Waals surface area contributed by atoms with E-state index < -0.39 is 23.9 Å². The van der Waals surface area contributed by atoms with Crippen LogP contribution in [-0.4, -0.2) is 108 Å². The zero-order valence-corrected chi connectivity index (χ0v) is 26.7. The molecule has 14 nitrogen and oxygen atoms in total. The molecule has 2 N–H and O–H groups in total. The van der Waals surface area contributed by atoms with E-state index in [0.29, 0.717) is 80.0 Å². The Hall–Kier alpha value is -4.37. The number of nitrogens with zero attached hydrogens (tertiary/aromatic N) is 1. The molecule has 1 heterocycles. The fourth-order valence-corrected chi connectivity index (χ4v) is 5.22. The first-order valence-electron chi connectivity index (χ1n) is 15.5. The quantitative estimate of drug-likeness (QED) is 0.130. The summed E-state index contributed by atoms with van der Waals surface area (Å²) in [5.74, 6) is -2.45. The highest BCUT2D eigenvalue weighted by Crippen LogP contribution is 2.45. The molecule has 254 valence electrons. The van der Waals surface area contributed by atoms with Gasteiger partial charge in [0.2, 0.25) is 0 Å². The Bertz CT molecular complexity index is 1340. The first-order valence-corrected chi connectivity index (χ1v) is 15.5. The number of hydrogen-bond donors (Lipinski definition) is 2. The maximum atomic E-state index is 13.0. The summed E-state index contributed by atoms with van der Waals surface area (Å²) in [5, 5.41) is 6.09. The van der Waals surface area contributed by atoms with Crippen molar-refractivity contribution in [3.63, 3.8) is 0 Å². The molecular weight excluding hydrogens is 614 g/mol.